The summed E-state index contributed by atoms with van der Waals surface area (Å²) in [6.45, 7) is 2.73. The highest BCUT2D eigenvalue weighted by Crippen LogP contribution is 2.18. The normalized spacial score (nSPS) is 19.7. The zero-order valence-corrected chi connectivity index (χ0v) is 12.9. The number of aryl methyl sites for hydroxylation is 1. The number of thioether (sulfide) groups is 1. The molecule has 1 aromatic carbocycles. The van der Waals surface area contributed by atoms with Crippen molar-refractivity contribution < 1.29 is 0 Å². The summed E-state index contributed by atoms with van der Waals surface area (Å²) in [7, 11) is 0. The minimum absolute atomic E-state index is 0.473. The zero-order chi connectivity index (χ0) is 14.5. The number of hydrogen-bond donors (Lipinski definition) is 1. The molecule has 1 saturated heterocycles. The Balaban J connectivity index is 1.57. The zero-order valence-electron chi connectivity index (χ0n) is 12.1. The summed E-state index contributed by atoms with van der Waals surface area (Å²) in [5.41, 5.74) is 3.63. The maximum Gasteiger partial charge on any atom is 0.157 e. The predicted octanol–water partition coefficient (Wildman–Crippen LogP) is 3.19. The van der Waals surface area contributed by atoms with Crippen molar-refractivity contribution in [3.63, 3.8) is 0 Å². The number of rotatable bonds is 4. The fraction of sp³-hybridized carbons (Fsp3) is 0.294. The smallest absolute Gasteiger partial charge is 0.157 e. The highest BCUT2D eigenvalue weighted by atomic mass is 32.2. The summed E-state index contributed by atoms with van der Waals surface area (Å²) in [5, 5.41) is 4.56. The van der Waals surface area contributed by atoms with E-state index in [1.807, 2.05) is 12.3 Å². The number of pyridine rings is 1. The van der Waals surface area contributed by atoms with Crippen LogP contribution in [0, 0.1) is 6.92 Å². The molecule has 108 valence electrons. The first-order valence-corrected chi connectivity index (χ1v) is 8.18. The van der Waals surface area contributed by atoms with E-state index >= 15 is 0 Å². The fourth-order valence-corrected chi connectivity index (χ4v) is 3.33. The molecular weight excluding hydrogens is 278 g/mol. The van der Waals surface area contributed by atoms with Gasteiger partial charge in [0, 0.05) is 18.0 Å². The van der Waals surface area contributed by atoms with Crippen LogP contribution in [0.1, 0.15) is 16.8 Å². The second kappa shape index (κ2) is 6.76. The molecule has 0 spiro atoms. The molecule has 1 N–H and O–H groups in total. The number of hydrogen-bond acceptors (Lipinski definition) is 3. The van der Waals surface area contributed by atoms with Gasteiger partial charge in [-0.15, -0.1) is 0 Å². The van der Waals surface area contributed by atoms with Crippen molar-refractivity contribution in [3.8, 4) is 0 Å². The summed E-state index contributed by atoms with van der Waals surface area (Å²) >= 11 is 1.81. The highest BCUT2D eigenvalue weighted by molar-refractivity contribution is 8.14. The van der Waals surface area contributed by atoms with E-state index in [4.69, 9.17) is 0 Å². The number of nitrogens with one attached hydrogen (secondary N) is 1. The van der Waals surface area contributed by atoms with Crippen molar-refractivity contribution in [1.29, 1.82) is 0 Å². The SMILES string of the molecule is Cc1cccnc1CN=C1NC(Cc2ccccc2)CS1. The second-order valence-electron chi connectivity index (χ2n) is 5.23. The summed E-state index contributed by atoms with van der Waals surface area (Å²) in [6.07, 6.45) is 2.88. The Morgan fingerprint density at radius 1 is 1.24 bits per heavy atom. The Morgan fingerprint density at radius 2 is 2.10 bits per heavy atom. The van der Waals surface area contributed by atoms with Crippen LogP contribution >= 0.6 is 11.8 Å². The van der Waals surface area contributed by atoms with Gasteiger partial charge in [0.2, 0.25) is 0 Å². The van der Waals surface area contributed by atoms with Crippen molar-refractivity contribution in [3.05, 3.63) is 65.5 Å². The first-order valence-electron chi connectivity index (χ1n) is 7.19. The van der Waals surface area contributed by atoms with Gasteiger partial charge in [0.15, 0.2) is 5.17 Å². The van der Waals surface area contributed by atoms with E-state index in [0.29, 0.717) is 12.6 Å². The molecule has 1 atom stereocenters. The highest BCUT2D eigenvalue weighted by Gasteiger charge is 2.20. The average molecular weight is 297 g/mol. The summed E-state index contributed by atoms with van der Waals surface area (Å²) in [6, 6.07) is 15.1. The van der Waals surface area contributed by atoms with Crippen LogP contribution in [0.4, 0.5) is 0 Å². The van der Waals surface area contributed by atoms with E-state index < -0.39 is 0 Å². The summed E-state index contributed by atoms with van der Waals surface area (Å²) in [4.78, 5) is 9.03. The van der Waals surface area contributed by atoms with E-state index in [0.717, 1.165) is 23.0 Å². The molecule has 3 nitrogen and oxygen atoms in total. The molecular formula is C17H19N3S. The molecule has 4 heteroatoms. The maximum absolute atomic E-state index is 4.65. The van der Waals surface area contributed by atoms with Gasteiger partial charge in [-0.25, -0.2) is 0 Å². The van der Waals surface area contributed by atoms with Crippen LogP contribution in [-0.4, -0.2) is 21.9 Å². The lowest BCUT2D eigenvalue weighted by atomic mass is 10.1. The minimum Gasteiger partial charge on any atom is -0.361 e. The topological polar surface area (TPSA) is 37.3 Å². The number of aliphatic imine (C=N–C) groups is 1. The van der Waals surface area contributed by atoms with Gasteiger partial charge in [-0.05, 0) is 30.5 Å². The van der Waals surface area contributed by atoms with Crippen molar-refractivity contribution in [2.24, 2.45) is 4.99 Å². The van der Waals surface area contributed by atoms with Crippen molar-refractivity contribution in [2.45, 2.75) is 25.9 Å². The Morgan fingerprint density at radius 3 is 2.90 bits per heavy atom. The standard InChI is InChI=1S/C17H19N3S/c1-13-6-5-9-18-16(13)11-19-17-20-15(12-21-17)10-14-7-3-2-4-8-14/h2-9,15H,10-12H2,1H3,(H,19,20). The number of nitrogens with zero attached hydrogens (tertiary/aromatic N) is 2. The molecule has 0 bridgehead atoms. The molecule has 1 aromatic heterocycles. The summed E-state index contributed by atoms with van der Waals surface area (Å²) < 4.78 is 0. The average Bonchev–Trinajstić information content (AvgIpc) is 2.95. The van der Waals surface area contributed by atoms with Gasteiger partial charge in [-0.2, -0.15) is 0 Å². The van der Waals surface area contributed by atoms with Crippen molar-refractivity contribution in [1.82, 2.24) is 10.3 Å². The van der Waals surface area contributed by atoms with E-state index in [1.165, 1.54) is 11.1 Å². The lowest BCUT2D eigenvalue weighted by molar-refractivity contribution is 0.686. The van der Waals surface area contributed by atoms with Gasteiger partial charge < -0.3 is 5.32 Å². The fourth-order valence-electron chi connectivity index (χ4n) is 2.37. The third-order valence-corrected chi connectivity index (χ3v) is 4.65. The first-order chi connectivity index (χ1) is 10.3. The van der Waals surface area contributed by atoms with E-state index in [2.05, 4.69) is 58.6 Å². The van der Waals surface area contributed by atoms with Gasteiger partial charge in [0.25, 0.3) is 0 Å². The number of benzene rings is 1. The van der Waals surface area contributed by atoms with E-state index in [1.54, 1.807) is 11.8 Å². The minimum atomic E-state index is 0.473. The lowest BCUT2D eigenvalue weighted by Gasteiger charge is -2.09. The molecule has 2 aromatic rings. The quantitative estimate of drug-likeness (QED) is 0.941. The van der Waals surface area contributed by atoms with Crippen molar-refractivity contribution in [2.75, 3.05) is 5.75 Å². The van der Waals surface area contributed by atoms with Crippen LogP contribution in [0.25, 0.3) is 0 Å². The number of amidine groups is 1. The first kappa shape index (κ1) is 14.1. The largest absolute Gasteiger partial charge is 0.361 e. The second-order valence-corrected chi connectivity index (χ2v) is 6.24. The molecule has 0 saturated carbocycles. The van der Waals surface area contributed by atoms with Crippen LogP contribution in [0.2, 0.25) is 0 Å². The molecule has 2 heterocycles. The monoisotopic (exact) mass is 297 g/mol. The molecule has 1 aliphatic rings. The Labute approximate surface area is 129 Å². The van der Waals surface area contributed by atoms with Crippen LogP contribution in [0.15, 0.2) is 53.7 Å². The van der Waals surface area contributed by atoms with Crippen molar-refractivity contribution >= 4 is 16.9 Å². The Hall–Kier alpha value is -1.81. The molecule has 21 heavy (non-hydrogen) atoms. The number of aromatic nitrogens is 1. The van der Waals surface area contributed by atoms with Crippen LogP contribution in [0.5, 0.6) is 0 Å². The van der Waals surface area contributed by atoms with E-state index in [-0.39, 0.29) is 0 Å². The molecule has 0 amide bonds. The Bertz CT molecular complexity index is 625. The van der Waals surface area contributed by atoms with Gasteiger partial charge in [-0.1, -0.05) is 48.2 Å². The van der Waals surface area contributed by atoms with Gasteiger partial charge in [0.1, 0.15) is 0 Å². The molecule has 0 radical (unpaired) electrons. The van der Waals surface area contributed by atoms with Gasteiger partial charge >= 0.3 is 0 Å². The molecule has 3 rings (SSSR count). The van der Waals surface area contributed by atoms with Crippen LogP contribution in [-0.2, 0) is 13.0 Å². The van der Waals surface area contributed by atoms with E-state index in [9.17, 15) is 0 Å². The molecule has 0 aliphatic carbocycles. The molecule has 1 fully saturated rings. The van der Waals surface area contributed by atoms with Gasteiger partial charge in [0.05, 0.1) is 12.2 Å². The van der Waals surface area contributed by atoms with Crippen LogP contribution < -0.4 is 5.32 Å². The summed E-state index contributed by atoms with van der Waals surface area (Å²) in [5.74, 6) is 1.08. The van der Waals surface area contributed by atoms with Crippen LogP contribution in [0.3, 0.4) is 0 Å². The third kappa shape index (κ3) is 3.85. The molecule has 1 unspecified atom stereocenters. The molecule has 1 aliphatic heterocycles. The third-order valence-electron chi connectivity index (χ3n) is 3.56. The van der Waals surface area contributed by atoms with Gasteiger partial charge in [-0.3, -0.25) is 9.98 Å². The lowest BCUT2D eigenvalue weighted by Crippen LogP contribution is -2.29. The Kier molecular flexibility index (Phi) is 4.55. The maximum atomic E-state index is 4.65. The predicted molar refractivity (Wildman–Crippen MR) is 89.6 cm³/mol.